The van der Waals surface area contributed by atoms with Crippen LogP contribution in [0, 0.1) is 11.3 Å². The van der Waals surface area contributed by atoms with Crippen LogP contribution in [-0.2, 0) is 9.59 Å². The summed E-state index contributed by atoms with van der Waals surface area (Å²) in [7, 11) is 0. The first-order valence-corrected chi connectivity index (χ1v) is 7.51. The average Bonchev–Trinajstić information content (AvgIpc) is 2.86. The number of hydrogen-bond donors (Lipinski definition) is 3. The van der Waals surface area contributed by atoms with Crippen molar-refractivity contribution in [2.24, 2.45) is 11.3 Å². The number of carbonyl (C=O) groups is 2. The van der Waals surface area contributed by atoms with Crippen LogP contribution < -0.4 is 10.6 Å². The number of aliphatic hydroxyl groups is 1. The molecule has 1 atom stereocenters. The average molecular weight is 284 g/mol. The van der Waals surface area contributed by atoms with Crippen LogP contribution in [0.15, 0.2) is 0 Å². The van der Waals surface area contributed by atoms with Gasteiger partial charge in [0.1, 0.15) is 6.04 Å². The number of carbonyl (C=O) groups excluding carboxylic acids is 2. The fraction of sp³-hybridized carbons (Fsp3) is 0.867. The van der Waals surface area contributed by atoms with Crippen LogP contribution in [0.4, 0.5) is 0 Å². The summed E-state index contributed by atoms with van der Waals surface area (Å²) in [6.45, 7) is 6.08. The van der Waals surface area contributed by atoms with E-state index < -0.39 is 6.04 Å². The molecule has 0 aliphatic heterocycles. The molecule has 0 bridgehead atoms. The van der Waals surface area contributed by atoms with E-state index in [0.29, 0.717) is 13.0 Å². The second-order valence-corrected chi connectivity index (χ2v) is 6.58. The molecule has 1 fully saturated rings. The zero-order valence-corrected chi connectivity index (χ0v) is 12.9. The number of amides is 2. The highest BCUT2D eigenvalue weighted by molar-refractivity contribution is 5.87. The summed E-state index contributed by atoms with van der Waals surface area (Å²) >= 11 is 0. The van der Waals surface area contributed by atoms with Gasteiger partial charge in [0.25, 0.3) is 0 Å². The van der Waals surface area contributed by atoms with E-state index in [9.17, 15) is 9.59 Å². The summed E-state index contributed by atoms with van der Waals surface area (Å²) in [5, 5.41) is 14.7. The van der Waals surface area contributed by atoms with Gasteiger partial charge < -0.3 is 15.7 Å². The molecule has 0 aromatic carbocycles. The Balaban J connectivity index is 2.56. The van der Waals surface area contributed by atoms with Gasteiger partial charge in [-0.3, -0.25) is 9.59 Å². The van der Waals surface area contributed by atoms with Crippen LogP contribution in [0.5, 0.6) is 0 Å². The lowest BCUT2D eigenvalue weighted by Crippen LogP contribution is -2.51. The molecule has 1 saturated carbocycles. The van der Waals surface area contributed by atoms with Crippen LogP contribution in [0.25, 0.3) is 0 Å². The normalized spacial score (nSPS) is 17.8. The number of rotatable bonds is 7. The van der Waals surface area contributed by atoms with Crippen molar-refractivity contribution in [3.05, 3.63) is 0 Å². The Morgan fingerprint density at radius 3 is 2.40 bits per heavy atom. The summed E-state index contributed by atoms with van der Waals surface area (Å²) in [5.74, 6) is -0.00960. The summed E-state index contributed by atoms with van der Waals surface area (Å²) in [6, 6.07) is -0.417. The van der Waals surface area contributed by atoms with Crippen molar-refractivity contribution in [3.8, 4) is 0 Å². The predicted molar refractivity (Wildman–Crippen MR) is 78.1 cm³/mol. The first-order chi connectivity index (χ1) is 9.35. The minimum Gasteiger partial charge on any atom is -0.396 e. The summed E-state index contributed by atoms with van der Waals surface area (Å²) < 4.78 is 0. The molecule has 3 N–H and O–H groups in total. The molecule has 1 unspecified atom stereocenters. The van der Waals surface area contributed by atoms with Gasteiger partial charge in [0.15, 0.2) is 0 Å². The van der Waals surface area contributed by atoms with Gasteiger partial charge in [-0.05, 0) is 30.6 Å². The van der Waals surface area contributed by atoms with E-state index in [1.165, 1.54) is 6.92 Å². The Morgan fingerprint density at radius 1 is 1.30 bits per heavy atom. The smallest absolute Gasteiger partial charge is 0.242 e. The molecule has 116 valence electrons. The van der Waals surface area contributed by atoms with Gasteiger partial charge in [0.2, 0.25) is 11.8 Å². The third kappa shape index (κ3) is 5.49. The molecular formula is C15H28N2O3. The lowest BCUT2D eigenvalue weighted by molar-refractivity contribution is -0.129. The van der Waals surface area contributed by atoms with E-state index in [1.54, 1.807) is 0 Å². The predicted octanol–water partition coefficient (Wildman–Crippen LogP) is 1.21. The maximum Gasteiger partial charge on any atom is 0.242 e. The van der Waals surface area contributed by atoms with Crippen LogP contribution in [0.2, 0.25) is 0 Å². The second kappa shape index (κ2) is 7.62. The maximum atomic E-state index is 12.3. The third-order valence-electron chi connectivity index (χ3n) is 4.04. The lowest BCUT2D eigenvalue weighted by atomic mass is 9.89. The monoisotopic (exact) mass is 284 g/mol. The van der Waals surface area contributed by atoms with E-state index in [2.05, 4.69) is 10.6 Å². The highest BCUT2D eigenvalue weighted by Crippen LogP contribution is 2.28. The van der Waals surface area contributed by atoms with Crippen LogP contribution in [0.1, 0.15) is 52.9 Å². The van der Waals surface area contributed by atoms with Crippen molar-refractivity contribution in [1.82, 2.24) is 10.6 Å². The van der Waals surface area contributed by atoms with Crippen molar-refractivity contribution in [2.45, 2.75) is 58.9 Å². The Kier molecular flexibility index (Phi) is 6.46. The van der Waals surface area contributed by atoms with Crippen molar-refractivity contribution in [1.29, 1.82) is 0 Å². The molecule has 20 heavy (non-hydrogen) atoms. The van der Waals surface area contributed by atoms with Gasteiger partial charge in [0, 0.05) is 20.1 Å². The Bertz CT molecular complexity index is 336. The van der Waals surface area contributed by atoms with Crippen molar-refractivity contribution < 1.29 is 14.7 Å². The molecule has 0 spiro atoms. The zero-order valence-electron chi connectivity index (χ0n) is 12.9. The molecule has 1 aliphatic rings. The fourth-order valence-electron chi connectivity index (χ4n) is 2.73. The Labute approximate surface area is 121 Å². The van der Waals surface area contributed by atoms with Gasteiger partial charge in [-0.25, -0.2) is 0 Å². The number of aliphatic hydroxyl groups excluding tert-OH is 1. The molecule has 0 aromatic rings. The van der Waals surface area contributed by atoms with E-state index in [1.807, 2.05) is 13.8 Å². The SMILES string of the molecule is CC(=O)NC(C(=O)NCC(C)(C)CCO)C1CCCC1. The highest BCUT2D eigenvalue weighted by atomic mass is 16.3. The van der Waals surface area contributed by atoms with Crippen LogP contribution >= 0.6 is 0 Å². The molecule has 0 radical (unpaired) electrons. The summed E-state index contributed by atoms with van der Waals surface area (Å²) in [4.78, 5) is 23.6. The van der Waals surface area contributed by atoms with E-state index in [0.717, 1.165) is 25.7 Å². The molecule has 0 aromatic heterocycles. The minimum absolute atomic E-state index is 0.0990. The topological polar surface area (TPSA) is 78.4 Å². The van der Waals surface area contributed by atoms with Crippen LogP contribution in [-0.4, -0.2) is 36.1 Å². The maximum absolute atomic E-state index is 12.3. The van der Waals surface area contributed by atoms with Gasteiger partial charge in [-0.15, -0.1) is 0 Å². The largest absolute Gasteiger partial charge is 0.396 e. The second-order valence-electron chi connectivity index (χ2n) is 6.58. The van der Waals surface area contributed by atoms with Gasteiger partial charge in [-0.2, -0.15) is 0 Å². The first-order valence-electron chi connectivity index (χ1n) is 7.51. The van der Waals surface area contributed by atoms with Gasteiger partial charge in [0.05, 0.1) is 0 Å². The van der Waals surface area contributed by atoms with Gasteiger partial charge in [-0.1, -0.05) is 26.7 Å². The molecule has 5 heteroatoms. The highest BCUT2D eigenvalue weighted by Gasteiger charge is 2.32. The number of hydrogen-bond acceptors (Lipinski definition) is 3. The Morgan fingerprint density at radius 2 is 1.90 bits per heavy atom. The van der Waals surface area contributed by atoms with Crippen molar-refractivity contribution >= 4 is 11.8 Å². The van der Waals surface area contributed by atoms with Crippen LogP contribution in [0.3, 0.4) is 0 Å². The minimum atomic E-state index is -0.417. The lowest BCUT2D eigenvalue weighted by Gasteiger charge is -2.28. The third-order valence-corrected chi connectivity index (χ3v) is 4.04. The van der Waals surface area contributed by atoms with E-state index in [-0.39, 0.29) is 29.8 Å². The molecule has 0 saturated heterocycles. The summed E-state index contributed by atoms with van der Waals surface area (Å²) in [5.41, 5.74) is -0.138. The molecule has 2 amide bonds. The zero-order chi connectivity index (χ0) is 15.2. The van der Waals surface area contributed by atoms with Gasteiger partial charge >= 0.3 is 0 Å². The first kappa shape index (κ1) is 17.0. The fourth-order valence-corrected chi connectivity index (χ4v) is 2.73. The molecule has 1 aliphatic carbocycles. The van der Waals surface area contributed by atoms with Crippen molar-refractivity contribution in [2.75, 3.05) is 13.2 Å². The quantitative estimate of drug-likeness (QED) is 0.657. The standard InChI is InChI=1S/C15H28N2O3/c1-11(19)17-13(12-6-4-5-7-12)14(20)16-10-15(2,3)8-9-18/h12-13,18H,4-10H2,1-3H3,(H,16,20)(H,17,19). The number of nitrogens with one attached hydrogen (secondary N) is 2. The van der Waals surface area contributed by atoms with E-state index in [4.69, 9.17) is 5.11 Å². The Hall–Kier alpha value is -1.10. The molecular weight excluding hydrogens is 256 g/mol. The molecule has 0 heterocycles. The molecule has 5 nitrogen and oxygen atoms in total. The van der Waals surface area contributed by atoms with Crippen molar-refractivity contribution in [3.63, 3.8) is 0 Å². The summed E-state index contributed by atoms with van der Waals surface area (Å²) in [6.07, 6.45) is 4.90. The van der Waals surface area contributed by atoms with E-state index >= 15 is 0 Å². The molecule has 1 rings (SSSR count).